The van der Waals surface area contributed by atoms with Crippen LogP contribution in [0.4, 0.5) is 10.2 Å². The van der Waals surface area contributed by atoms with Crippen molar-refractivity contribution in [3.05, 3.63) is 41.6 Å². The number of halogens is 1. The van der Waals surface area contributed by atoms with Crippen molar-refractivity contribution < 1.29 is 9.18 Å². The molecule has 3 heterocycles. The second kappa shape index (κ2) is 6.44. The molecule has 0 aliphatic carbocycles. The highest BCUT2D eigenvalue weighted by atomic mass is 19.1. The normalized spacial score (nSPS) is 17.8. The number of nitrogens with zero attached hydrogens (tertiary/aromatic N) is 4. The number of anilines is 1. The molecular weight excluding hydrogens is 335 g/mol. The Morgan fingerprint density at radius 3 is 3.00 bits per heavy atom. The third-order valence-electron chi connectivity index (χ3n) is 4.82. The maximum Gasteiger partial charge on any atom is 0.245 e. The summed E-state index contributed by atoms with van der Waals surface area (Å²) in [6.45, 7) is 2.61. The van der Waals surface area contributed by atoms with Crippen LogP contribution in [0.15, 0.2) is 24.3 Å². The van der Waals surface area contributed by atoms with Gasteiger partial charge < -0.3 is 15.6 Å². The maximum atomic E-state index is 13.4. The van der Waals surface area contributed by atoms with Gasteiger partial charge >= 0.3 is 0 Å². The summed E-state index contributed by atoms with van der Waals surface area (Å²) in [5.41, 5.74) is 8.03. The summed E-state index contributed by atoms with van der Waals surface area (Å²) in [6.07, 6.45) is 2.79. The van der Waals surface area contributed by atoms with Gasteiger partial charge in [-0.1, -0.05) is 0 Å². The van der Waals surface area contributed by atoms with Crippen molar-refractivity contribution in [3.63, 3.8) is 0 Å². The Morgan fingerprint density at radius 2 is 2.23 bits per heavy atom. The lowest BCUT2D eigenvalue weighted by atomic mass is 10.0. The van der Waals surface area contributed by atoms with Crippen LogP contribution in [0.3, 0.4) is 0 Å². The van der Waals surface area contributed by atoms with Crippen LogP contribution in [-0.4, -0.2) is 37.1 Å². The number of hydrogen-bond donors (Lipinski definition) is 2. The van der Waals surface area contributed by atoms with E-state index in [1.165, 1.54) is 16.8 Å². The van der Waals surface area contributed by atoms with E-state index in [2.05, 4.69) is 15.1 Å². The summed E-state index contributed by atoms with van der Waals surface area (Å²) in [4.78, 5) is 22.5. The standard InChI is InChI=1S/C18H21FN6O/c1-11-8-16(20)25(23-11)10-17(26)24-7-3-2-4-15(24)18-21-13-6-5-12(19)9-14(13)22-18/h5-6,8-9,15H,2-4,7,10,20H2,1H3,(H,21,22)/t15-/m0/s1. The summed E-state index contributed by atoms with van der Waals surface area (Å²) in [7, 11) is 0. The Morgan fingerprint density at radius 1 is 1.38 bits per heavy atom. The van der Waals surface area contributed by atoms with E-state index in [1.54, 1.807) is 12.1 Å². The number of aromatic amines is 1. The molecule has 1 atom stereocenters. The van der Waals surface area contributed by atoms with E-state index in [1.807, 2.05) is 11.8 Å². The average Bonchev–Trinajstić information content (AvgIpc) is 3.17. The number of H-pyrrole nitrogens is 1. The molecule has 0 radical (unpaired) electrons. The molecule has 3 aromatic rings. The zero-order valence-corrected chi connectivity index (χ0v) is 14.6. The second-order valence-corrected chi connectivity index (χ2v) is 6.75. The fourth-order valence-electron chi connectivity index (χ4n) is 3.58. The Kier molecular flexibility index (Phi) is 4.10. The lowest BCUT2D eigenvalue weighted by Crippen LogP contribution is -2.41. The van der Waals surface area contributed by atoms with Gasteiger partial charge in [0.2, 0.25) is 5.91 Å². The first-order valence-electron chi connectivity index (χ1n) is 8.76. The van der Waals surface area contributed by atoms with Gasteiger partial charge in [0.15, 0.2) is 0 Å². The van der Waals surface area contributed by atoms with Crippen LogP contribution >= 0.6 is 0 Å². The predicted molar refractivity (Wildman–Crippen MR) is 95.7 cm³/mol. The molecule has 1 aliphatic heterocycles. The van der Waals surface area contributed by atoms with Crippen molar-refractivity contribution in [3.8, 4) is 0 Å². The molecule has 1 fully saturated rings. The van der Waals surface area contributed by atoms with Gasteiger partial charge in [0.05, 0.1) is 22.8 Å². The highest BCUT2D eigenvalue weighted by Gasteiger charge is 2.30. The summed E-state index contributed by atoms with van der Waals surface area (Å²) >= 11 is 0. The van der Waals surface area contributed by atoms with Gasteiger partial charge in [0.1, 0.15) is 24.0 Å². The van der Waals surface area contributed by atoms with E-state index >= 15 is 0 Å². The van der Waals surface area contributed by atoms with Crippen molar-refractivity contribution in [2.75, 3.05) is 12.3 Å². The molecule has 0 saturated carbocycles. The topological polar surface area (TPSA) is 92.8 Å². The summed E-state index contributed by atoms with van der Waals surface area (Å²) in [5, 5.41) is 4.27. The zero-order chi connectivity index (χ0) is 18.3. The minimum absolute atomic E-state index is 0.0452. The van der Waals surface area contributed by atoms with Gasteiger partial charge in [-0.25, -0.2) is 14.1 Å². The molecule has 0 bridgehead atoms. The number of aryl methyl sites for hydroxylation is 1. The molecule has 136 valence electrons. The van der Waals surface area contributed by atoms with Crippen molar-refractivity contribution in [2.24, 2.45) is 0 Å². The number of amides is 1. The molecule has 1 aliphatic rings. The third kappa shape index (κ3) is 3.02. The maximum absolute atomic E-state index is 13.4. The molecule has 1 amide bonds. The van der Waals surface area contributed by atoms with Crippen molar-refractivity contribution in [2.45, 2.75) is 38.8 Å². The van der Waals surface area contributed by atoms with Gasteiger partial charge in [-0.3, -0.25) is 4.79 Å². The smallest absolute Gasteiger partial charge is 0.245 e. The second-order valence-electron chi connectivity index (χ2n) is 6.75. The van der Waals surface area contributed by atoms with Crippen molar-refractivity contribution in [1.29, 1.82) is 0 Å². The Labute approximate surface area is 150 Å². The monoisotopic (exact) mass is 356 g/mol. The molecule has 0 unspecified atom stereocenters. The van der Waals surface area contributed by atoms with Crippen LogP contribution in [0.25, 0.3) is 11.0 Å². The number of nitrogens with two attached hydrogens (primary N) is 1. The zero-order valence-electron chi connectivity index (χ0n) is 14.6. The SMILES string of the molecule is Cc1cc(N)n(CC(=O)N2CCCC[C@H]2c2nc3ccc(F)cc3[nH]2)n1. The van der Waals surface area contributed by atoms with E-state index in [0.29, 0.717) is 29.2 Å². The number of aromatic nitrogens is 4. The van der Waals surface area contributed by atoms with E-state index in [4.69, 9.17) is 5.73 Å². The van der Waals surface area contributed by atoms with Gasteiger partial charge in [0, 0.05) is 12.6 Å². The molecule has 2 aromatic heterocycles. The number of benzene rings is 1. The number of carbonyl (C=O) groups excluding carboxylic acids is 1. The molecular formula is C18H21FN6O. The number of likely N-dealkylation sites (tertiary alicyclic amines) is 1. The van der Waals surface area contributed by atoms with E-state index in [9.17, 15) is 9.18 Å². The Bertz CT molecular complexity index is 962. The quantitative estimate of drug-likeness (QED) is 0.754. The van der Waals surface area contributed by atoms with E-state index in [-0.39, 0.29) is 24.3 Å². The van der Waals surface area contributed by atoms with Gasteiger partial charge in [0.25, 0.3) is 0 Å². The summed E-state index contributed by atoms with van der Waals surface area (Å²) < 4.78 is 15.0. The van der Waals surface area contributed by atoms with Crippen molar-refractivity contribution in [1.82, 2.24) is 24.6 Å². The van der Waals surface area contributed by atoms with Crippen LogP contribution in [0.1, 0.15) is 36.8 Å². The molecule has 8 heteroatoms. The lowest BCUT2D eigenvalue weighted by molar-refractivity contribution is -0.136. The lowest BCUT2D eigenvalue weighted by Gasteiger charge is -2.34. The molecule has 0 spiro atoms. The number of carbonyl (C=O) groups is 1. The molecule has 4 rings (SSSR count). The Hall–Kier alpha value is -2.90. The minimum Gasteiger partial charge on any atom is -0.384 e. The third-order valence-corrected chi connectivity index (χ3v) is 4.82. The van der Waals surface area contributed by atoms with Gasteiger partial charge in [-0.15, -0.1) is 0 Å². The van der Waals surface area contributed by atoms with Crippen LogP contribution in [0, 0.1) is 12.7 Å². The average molecular weight is 356 g/mol. The molecule has 7 nitrogen and oxygen atoms in total. The highest BCUT2D eigenvalue weighted by Crippen LogP contribution is 2.31. The number of imidazole rings is 1. The summed E-state index contributed by atoms with van der Waals surface area (Å²) in [6, 6.07) is 6.06. The number of hydrogen-bond acceptors (Lipinski definition) is 4. The predicted octanol–water partition coefficient (Wildman–Crippen LogP) is 2.54. The van der Waals surface area contributed by atoms with Crippen molar-refractivity contribution >= 4 is 22.8 Å². The fraction of sp³-hybridized carbons (Fsp3) is 0.389. The van der Waals surface area contributed by atoms with Crippen LogP contribution < -0.4 is 5.73 Å². The largest absolute Gasteiger partial charge is 0.384 e. The van der Waals surface area contributed by atoms with Crippen LogP contribution in [-0.2, 0) is 11.3 Å². The van der Waals surface area contributed by atoms with E-state index < -0.39 is 0 Å². The number of fused-ring (bicyclic) bond motifs is 1. The number of piperidine rings is 1. The first kappa shape index (κ1) is 16.6. The molecule has 26 heavy (non-hydrogen) atoms. The minimum atomic E-state index is -0.311. The van der Waals surface area contributed by atoms with E-state index in [0.717, 1.165) is 25.0 Å². The van der Waals surface area contributed by atoms with Gasteiger partial charge in [-0.2, -0.15) is 5.10 Å². The molecule has 1 saturated heterocycles. The van der Waals surface area contributed by atoms with Gasteiger partial charge in [-0.05, 0) is 44.4 Å². The molecule has 3 N–H and O–H groups in total. The highest BCUT2D eigenvalue weighted by molar-refractivity contribution is 5.78. The first-order chi connectivity index (χ1) is 12.5. The van der Waals surface area contributed by atoms with Crippen LogP contribution in [0.2, 0.25) is 0 Å². The van der Waals surface area contributed by atoms with Crippen LogP contribution in [0.5, 0.6) is 0 Å². The Balaban J connectivity index is 1.60. The molecule has 1 aromatic carbocycles. The summed E-state index contributed by atoms with van der Waals surface area (Å²) in [5.74, 6) is 0.817. The first-order valence-corrected chi connectivity index (χ1v) is 8.76. The number of rotatable bonds is 3. The fourth-order valence-corrected chi connectivity index (χ4v) is 3.58. The number of nitrogens with one attached hydrogen (secondary N) is 1. The number of nitrogen functional groups attached to an aromatic ring is 1.